The van der Waals surface area contributed by atoms with Gasteiger partial charge in [0.1, 0.15) is 17.5 Å². The van der Waals surface area contributed by atoms with Crippen LogP contribution in [-0.2, 0) is 11.3 Å². The van der Waals surface area contributed by atoms with Gasteiger partial charge < -0.3 is 5.32 Å². The molecule has 3 rings (SSSR count). The van der Waals surface area contributed by atoms with Gasteiger partial charge in [0.15, 0.2) is 11.6 Å². The summed E-state index contributed by atoms with van der Waals surface area (Å²) in [6.45, 7) is 1.65. The van der Waals surface area contributed by atoms with Gasteiger partial charge in [-0.3, -0.25) is 4.79 Å². The topological polar surface area (TPSA) is 46.9 Å². The number of hydrogen-bond donors (Lipinski definition) is 1. The van der Waals surface area contributed by atoms with Gasteiger partial charge in [-0.05, 0) is 43.3 Å². The van der Waals surface area contributed by atoms with E-state index in [1.807, 2.05) is 0 Å². The van der Waals surface area contributed by atoms with Gasteiger partial charge in [0.25, 0.3) is 0 Å². The average Bonchev–Trinajstić information content (AvgIpc) is 2.99. The quantitative estimate of drug-likeness (QED) is 0.481. The minimum atomic E-state index is -0.989. The second-order valence-corrected chi connectivity index (χ2v) is 7.03. The SMILES string of the molecule is Cc1cnn(Cc2cc(F)ccc2F)c1NC(=O)CSc1ccc(F)c(F)c1. The van der Waals surface area contributed by atoms with Gasteiger partial charge in [0.2, 0.25) is 5.91 Å². The van der Waals surface area contributed by atoms with Gasteiger partial charge in [0.05, 0.1) is 18.5 Å². The molecule has 146 valence electrons. The molecule has 0 saturated heterocycles. The van der Waals surface area contributed by atoms with E-state index in [0.29, 0.717) is 16.3 Å². The molecule has 4 nitrogen and oxygen atoms in total. The highest BCUT2D eigenvalue weighted by atomic mass is 32.2. The van der Waals surface area contributed by atoms with E-state index in [9.17, 15) is 22.4 Å². The molecule has 1 N–H and O–H groups in total. The first-order valence-corrected chi connectivity index (χ1v) is 9.16. The van der Waals surface area contributed by atoms with E-state index in [1.165, 1.54) is 16.9 Å². The molecule has 0 radical (unpaired) electrons. The average molecular weight is 409 g/mol. The molecule has 0 spiro atoms. The van der Waals surface area contributed by atoms with E-state index in [1.54, 1.807) is 6.92 Å². The second-order valence-electron chi connectivity index (χ2n) is 5.98. The Hall–Kier alpha value is -2.81. The van der Waals surface area contributed by atoms with Crippen LogP contribution in [-0.4, -0.2) is 21.4 Å². The molecule has 0 unspecified atom stereocenters. The molecule has 0 fully saturated rings. The summed E-state index contributed by atoms with van der Waals surface area (Å²) < 4.78 is 54.8. The molecule has 0 atom stereocenters. The first kappa shape index (κ1) is 19.9. The number of carbonyl (C=O) groups is 1. The second kappa shape index (κ2) is 8.47. The normalized spacial score (nSPS) is 10.9. The monoisotopic (exact) mass is 409 g/mol. The number of anilines is 1. The van der Waals surface area contributed by atoms with Gasteiger partial charge in [-0.1, -0.05) is 0 Å². The zero-order chi connectivity index (χ0) is 20.3. The summed E-state index contributed by atoms with van der Waals surface area (Å²) in [7, 11) is 0. The van der Waals surface area contributed by atoms with Crippen LogP contribution in [0.15, 0.2) is 47.5 Å². The van der Waals surface area contributed by atoms with Gasteiger partial charge in [-0.15, -0.1) is 11.8 Å². The zero-order valence-corrected chi connectivity index (χ0v) is 15.5. The van der Waals surface area contributed by atoms with Crippen LogP contribution in [0.1, 0.15) is 11.1 Å². The van der Waals surface area contributed by atoms with Crippen molar-refractivity contribution < 1.29 is 22.4 Å². The molecule has 0 bridgehead atoms. The number of rotatable bonds is 6. The predicted octanol–water partition coefficient (Wildman–Crippen LogP) is 4.53. The van der Waals surface area contributed by atoms with E-state index in [4.69, 9.17) is 0 Å². The number of thioether (sulfide) groups is 1. The maximum absolute atomic E-state index is 13.9. The van der Waals surface area contributed by atoms with Gasteiger partial charge >= 0.3 is 0 Å². The van der Waals surface area contributed by atoms with Crippen molar-refractivity contribution in [3.05, 3.63) is 77.0 Å². The number of carbonyl (C=O) groups excluding carboxylic acids is 1. The van der Waals surface area contributed by atoms with Crippen molar-refractivity contribution in [1.29, 1.82) is 0 Å². The third kappa shape index (κ3) is 4.72. The van der Waals surface area contributed by atoms with Crippen LogP contribution in [0.5, 0.6) is 0 Å². The zero-order valence-electron chi connectivity index (χ0n) is 14.7. The van der Waals surface area contributed by atoms with Crippen molar-refractivity contribution in [3.63, 3.8) is 0 Å². The Kier molecular flexibility index (Phi) is 6.03. The molecule has 9 heteroatoms. The van der Waals surface area contributed by atoms with Gasteiger partial charge in [-0.25, -0.2) is 22.2 Å². The number of hydrogen-bond acceptors (Lipinski definition) is 3. The van der Waals surface area contributed by atoms with Crippen molar-refractivity contribution >= 4 is 23.5 Å². The maximum Gasteiger partial charge on any atom is 0.235 e. The van der Waals surface area contributed by atoms with Crippen LogP contribution >= 0.6 is 11.8 Å². The van der Waals surface area contributed by atoms with Gasteiger partial charge in [-0.2, -0.15) is 5.10 Å². The first-order valence-electron chi connectivity index (χ1n) is 8.17. The number of aryl methyl sites for hydroxylation is 1. The Morgan fingerprint density at radius 3 is 2.57 bits per heavy atom. The van der Waals surface area contributed by atoms with E-state index in [-0.39, 0.29) is 17.9 Å². The molecule has 0 aliphatic rings. The van der Waals surface area contributed by atoms with Crippen molar-refractivity contribution in [1.82, 2.24) is 9.78 Å². The third-order valence-corrected chi connectivity index (χ3v) is 4.86. The third-order valence-electron chi connectivity index (χ3n) is 3.87. The molecular weight excluding hydrogens is 394 g/mol. The van der Waals surface area contributed by atoms with Gasteiger partial charge in [0, 0.05) is 16.0 Å². The smallest absolute Gasteiger partial charge is 0.235 e. The fourth-order valence-electron chi connectivity index (χ4n) is 2.47. The lowest BCUT2D eigenvalue weighted by Gasteiger charge is -2.11. The molecule has 0 aliphatic carbocycles. The Bertz CT molecular complexity index is 1020. The number of halogens is 4. The summed E-state index contributed by atoms with van der Waals surface area (Å²) in [5.74, 6) is -3.22. The predicted molar refractivity (Wildman–Crippen MR) is 98.1 cm³/mol. The molecule has 3 aromatic rings. The molecule has 1 aromatic heterocycles. The van der Waals surface area contributed by atoms with Crippen molar-refractivity contribution in [3.8, 4) is 0 Å². The van der Waals surface area contributed by atoms with Crippen molar-refractivity contribution in [2.24, 2.45) is 0 Å². The summed E-state index contributed by atoms with van der Waals surface area (Å²) in [6.07, 6.45) is 1.50. The van der Waals surface area contributed by atoms with Crippen molar-refractivity contribution in [2.45, 2.75) is 18.4 Å². The summed E-state index contributed by atoms with van der Waals surface area (Å²) in [5.41, 5.74) is 0.734. The highest BCUT2D eigenvalue weighted by Gasteiger charge is 2.14. The number of nitrogens with one attached hydrogen (secondary N) is 1. The van der Waals surface area contributed by atoms with Crippen LogP contribution in [0, 0.1) is 30.2 Å². The number of aromatic nitrogens is 2. The minimum absolute atomic E-state index is 0.0516. The largest absolute Gasteiger partial charge is 0.310 e. The lowest BCUT2D eigenvalue weighted by Crippen LogP contribution is -2.18. The Morgan fingerprint density at radius 2 is 1.82 bits per heavy atom. The van der Waals surface area contributed by atoms with E-state index >= 15 is 0 Å². The lowest BCUT2D eigenvalue weighted by molar-refractivity contribution is -0.113. The van der Waals surface area contributed by atoms with E-state index in [2.05, 4.69) is 10.4 Å². The Morgan fingerprint density at radius 1 is 1.07 bits per heavy atom. The fraction of sp³-hybridized carbons (Fsp3) is 0.158. The summed E-state index contributed by atoms with van der Waals surface area (Å²) in [4.78, 5) is 12.6. The molecule has 0 aliphatic heterocycles. The van der Waals surface area contributed by atoms with E-state index in [0.717, 1.165) is 42.1 Å². The minimum Gasteiger partial charge on any atom is -0.310 e. The van der Waals surface area contributed by atoms with E-state index < -0.39 is 29.2 Å². The summed E-state index contributed by atoms with van der Waals surface area (Å²) in [6, 6.07) is 6.48. The Labute approximate surface area is 162 Å². The highest BCUT2D eigenvalue weighted by molar-refractivity contribution is 8.00. The van der Waals surface area contributed by atoms with Crippen LogP contribution in [0.4, 0.5) is 23.4 Å². The van der Waals surface area contributed by atoms with Crippen LogP contribution in [0.2, 0.25) is 0 Å². The molecular formula is C19H15F4N3OS. The summed E-state index contributed by atoms with van der Waals surface area (Å²) in [5, 5.41) is 6.76. The standard InChI is InChI=1S/C19H15F4N3OS/c1-11-8-24-26(9-12-6-13(20)2-4-15(12)21)19(11)25-18(27)10-28-14-3-5-16(22)17(23)7-14/h2-8H,9-10H2,1H3,(H,25,27). The Balaban J connectivity index is 1.68. The number of nitrogens with zero attached hydrogens (tertiary/aromatic N) is 2. The molecule has 0 saturated carbocycles. The lowest BCUT2D eigenvalue weighted by atomic mass is 10.2. The van der Waals surface area contributed by atoms with Crippen molar-refractivity contribution in [2.75, 3.05) is 11.1 Å². The van der Waals surface area contributed by atoms with Crippen LogP contribution in [0.25, 0.3) is 0 Å². The number of benzene rings is 2. The molecule has 2 aromatic carbocycles. The highest BCUT2D eigenvalue weighted by Crippen LogP contribution is 2.22. The summed E-state index contributed by atoms with van der Waals surface area (Å²) >= 11 is 1.04. The molecule has 1 heterocycles. The first-order chi connectivity index (χ1) is 13.3. The molecule has 1 amide bonds. The van der Waals surface area contributed by atoms with Crippen LogP contribution < -0.4 is 5.32 Å². The molecule has 28 heavy (non-hydrogen) atoms. The fourth-order valence-corrected chi connectivity index (χ4v) is 3.19. The maximum atomic E-state index is 13.9. The number of amides is 1. The van der Waals surface area contributed by atoms with Crippen LogP contribution in [0.3, 0.4) is 0 Å².